The summed E-state index contributed by atoms with van der Waals surface area (Å²) in [7, 11) is 0. The van der Waals surface area contributed by atoms with Crippen molar-refractivity contribution in [3.05, 3.63) is 0 Å². The summed E-state index contributed by atoms with van der Waals surface area (Å²) in [5.41, 5.74) is 0. The third-order valence-corrected chi connectivity index (χ3v) is 1.51. The van der Waals surface area contributed by atoms with Gasteiger partial charge in [-0.3, -0.25) is 5.32 Å². The quantitative estimate of drug-likeness (QED) is 0.673. The zero-order chi connectivity index (χ0) is 9.35. The summed E-state index contributed by atoms with van der Waals surface area (Å²) >= 11 is 0. The molecule has 72 valence electrons. The van der Waals surface area contributed by atoms with Gasteiger partial charge in [-0.25, -0.2) is 0 Å². The van der Waals surface area contributed by atoms with Gasteiger partial charge >= 0.3 is 6.18 Å². The van der Waals surface area contributed by atoms with Crippen LogP contribution < -0.4 is 5.32 Å². The summed E-state index contributed by atoms with van der Waals surface area (Å²) in [5, 5.41) is 2.87. The van der Waals surface area contributed by atoms with Crippen molar-refractivity contribution in [2.24, 2.45) is 0 Å². The van der Waals surface area contributed by atoms with Crippen molar-refractivity contribution in [3.8, 4) is 0 Å². The first-order valence-electron chi connectivity index (χ1n) is 3.87. The minimum atomic E-state index is -4.11. The van der Waals surface area contributed by atoms with E-state index in [1.165, 1.54) is 0 Å². The standard InChI is InChI=1S/C7H12F3NO/c1-4(2)11-6-5(12-6)3-7(8,9)10/h4-6,11H,3H2,1-2H3. The van der Waals surface area contributed by atoms with E-state index in [0.717, 1.165) is 0 Å². The largest absolute Gasteiger partial charge is 0.391 e. The maximum atomic E-state index is 11.7. The van der Waals surface area contributed by atoms with E-state index in [2.05, 4.69) is 5.32 Å². The fourth-order valence-corrected chi connectivity index (χ4v) is 1.00. The van der Waals surface area contributed by atoms with Gasteiger partial charge in [-0.1, -0.05) is 0 Å². The Kier molecular flexibility index (Phi) is 2.63. The first-order valence-corrected chi connectivity index (χ1v) is 3.87. The normalized spacial score (nSPS) is 29.5. The van der Waals surface area contributed by atoms with Gasteiger partial charge in [-0.2, -0.15) is 13.2 Å². The Morgan fingerprint density at radius 3 is 2.42 bits per heavy atom. The molecule has 0 saturated carbocycles. The number of alkyl halides is 3. The van der Waals surface area contributed by atoms with Gasteiger partial charge in [-0.05, 0) is 13.8 Å². The average molecular weight is 183 g/mol. The minimum Gasteiger partial charge on any atom is -0.353 e. The van der Waals surface area contributed by atoms with Gasteiger partial charge in [0.25, 0.3) is 0 Å². The van der Waals surface area contributed by atoms with E-state index >= 15 is 0 Å². The number of epoxide rings is 1. The summed E-state index contributed by atoms with van der Waals surface area (Å²) in [4.78, 5) is 0. The molecule has 5 heteroatoms. The molecule has 0 amide bonds. The molecular formula is C7H12F3NO. The average Bonchev–Trinajstić information content (AvgIpc) is 2.40. The molecule has 12 heavy (non-hydrogen) atoms. The lowest BCUT2D eigenvalue weighted by Gasteiger charge is -2.05. The molecule has 1 rings (SSSR count). The molecule has 0 aliphatic carbocycles. The first kappa shape index (κ1) is 9.80. The maximum absolute atomic E-state index is 11.7. The Bertz CT molecular complexity index is 157. The van der Waals surface area contributed by atoms with Crippen molar-refractivity contribution in [1.82, 2.24) is 5.32 Å². The monoisotopic (exact) mass is 183 g/mol. The lowest BCUT2D eigenvalue weighted by molar-refractivity contribution is -0.137. The van der Waals surface area contributed by atoms with Gasteiger partial charge in [0.2, 0.25) is 0 Å². The number of halogens is 3. The third kappa shape index (κ3) is 3.40. The van der Waals surface area contributed by atoms with E-state index in [9.17, 15) is 13.2 Å². The van der Waals surface area contributed by atoms with Gasteiger partial charge in [0, 0.05) is 6.04 Å². The predicted molar refractivity (Wildman–Crippen MR) is 37.6 cm³/mol. The van der Waals surface area contributed by atoms with Crippen LogP contribution in [0.3, 0.4) is 0 Å². The van der Waals surface area contributed by atoms with Gasteiger partial charge < -0.3 is 4.74 Å². The summed E-state index contributed by atoms with van der Waals surface area (Å²) < 4.78 is 40.0. The second-order valence-corrected chi connectivity index (χ2v) is 3.24. The van der Waals surface area contributed by atoms with Gasteiger partial charge in [0.15, 0.2) is 0 Å². The highest BCUT2D eigenvalue weighted by Crippen LogP contribution is 2.32. The zero-order valence-electron chi connectivity index (χ0n) is 6.98. The van der Waals surface area contributed by atoms with E-state index in [1.807, 2.05) is 13.8 Å². The lowest BCUT2D eigenvalue weighted by atomic mass is 10.3. The van der Waals surface area contributed by atoms with Crippen molar-refractivity contribution in [2.75, 3.05) is 0 Å². The molecule has 2 atom stereocenters. The van der Waals surface area contributed by atoms with Crippen molar-refractivity contribution in [2.45, 2.75) is 44.8 Å². The van der Waals surface area contributed by atoms with Crippen molar-refractivity contribution in [3.63, 3.8) is 0 Å². The SMILES string of the molecule is CC(C)NC1OC1CC(F)(F)F. The summed E-state index contributed by atoms with van der Waals surface area (Å²) in [6.07, 6.45) is -6.03. The summed E-state index contributed by atoms with van der Waals surface area (Å²) in [5.74, 6) is 0. The fourth-order valence-electron chi connectivity index (χ4n) is 1.00. The zero-order valence-corrected chi connectivity index (χ0v) is 6.98. The molecule has 1 aliphatic rings. The van der Waals surface area contributed by atoms with Crippen LogP contribution in [0.5, 0.6) is 0 Å². The summed E-state index contributed by atoms with van der Waals surface area (Å²) in [6, 6.07) is 0.160. The van der Waals surface area contributed by atoms with Gasteiger partial charge in [0.1, 0.15) is 12.3 Å². The van der Waals surface area contributed by atoms with E-state index in [1.54, 1.807) is 0 Å². The van der Waals surface area contributed by atoms with Crippen LogP contribution in [0.15, 0.2) is 0 Å². The van der Waals surface area contributed by atoms with Crippen molar-refractivity contribution < 1.29 is 17.9 Å². The molecule has 0 bridgehead atoms. The highest BCUT2D eigenvalue weighted by Gasteiger charge is 2.46. The molecule has 0 aromatic heterocycles. The second kappa shape index (κ2) is 3.22. The van der Waals surface area contributed by atoms with Crippen molar-refractivity contribution >= 4 is 0 Å². The fraction of sp³-hybridized carbons (Fsp3) is 1.00. The van der Waals surface area contributed by atoms with Gasteiger partial charge in [-0.15, -0.1) is 0 Å². The number of hydrogen-bond donors (Lipinski definition) is 1. The van der Waals surface area contributed by atoms with E-state index in [0.29, 0.717) is 0 Å². The van der Waals surface area contributed by atoms with Crippen LogP contribution in [0.1, 0.15) is 20.3 Å². The number of ether oxygens (including phenoxy) is 1. The highest BCUT2D eigenvalue weighted by molar-refractivity contribution is 4.85. The third-order valence-electron chi connectivity index (χ3n) is 1.51. The molecule has 0 aromatic carbocycles. The van der Waals surface area contributed by atoms with Crippen molar-refractivity contribution in [1.29, 1.82) is 0 Å². The Balaban J connectivity index is 2.16. The van der Waals surface area contributed by atoms with Gasteiger partial charge in [0.05, 0.1) is 6.42 Å². The van der Waals surface area contributed by atoms with Crippen LogP contribution >= 0.6 is 0 Å². The minimum absolute atomic E-state index is 0.160. The van der Waals surface area contributed by atoms with Crippen LogP contribution in [0.4, 0.5) is 13.2 Å². The first-order chi connectivity index (χ1) is 5.38. The molecule has 1 N–H and O–H groups in total. The molecule has 0 spiro atoms. The Morgan fingerprint density at radius 2 is 2.00 bits per heavy atom. The summed E-state index contributed by atoms with van der Waals surface area (Å²) in [6.45, 7) is 3.73. The van der Waals surface area contributed by atoms with E-state index < -0.39 is 24.9 Å². The maximum Gasteiger partial charge on any atom is 0.391 e. The molecule has 1 saturated heterocycles. The van der Waals surface area contributed by atoms with Crippen LogP contribution in [0.2, 0.25) is 0 Å². The Labute approximate surface area is 69.1 Å². The predicted octanol–water partition coefficient (Wildman–Crippen LogP) is 1.66. The molecular weight excluding hydrogens is 171 g/mol. The smallest absolute Gasteiger partial charge is 0.353 e. The number of rotatable bonds is 3. The highest BCUT2D eigenvalue weighted by atomic mass is 19.4. The molecule has 0 aromatic rings. The molecule has 1 aliphatic heterocycles. The molecule has 2 unspecified atom stereocenters. The molecule has 1 heterocycles. The second-order valence-electron chi connectivity index (χ2n) is 3.24. The topological polar surface area (TPSA) is 24.6 Å². The van der Waals surface area contributed by atoms with Crippen LogP contribution in [0.25, 0.3) is 0 Å². The van der Waals surface area contributed by atoms with Crippen LogP contribution in [0, 0.1) is 0 Å². The van der Waals surface area contributed by atoms with Crippen LogP contribution in [-0.2, 0) is 4.74 Å². The van der Waals surface area contributed by atoms with Crippen LogP contribution in [-0.4, -0.2) is 24.6 Å². The number of nitrogens with one attached hydrogen (secondary N) is 1. The molecule has 2 nitrogen and oxygen atoms in total. The lowest BCUT2D eigenvalue weighted by Crippen LogP contribution is -2.28. The molecule has 0 radical (unpaired) electrons. The molecule has 1 fully saturated rings. The number of hydrogen-bond acceptors (Lipinski definition) is 2. The Morgan fingerprint density at radius 1 is 1.42 bits per heavy atom. The van der Waals surface area contributed by atoms with E-state index in [-0.39, 0.29) is 6.04 Å². The van der Waals surface area contributed by atoms with E-state index in [4.69, 9.17) is 4.74 Å². The Hall–Kier alpha value is -0.290.